The number of aryl methyl sites for hydroxylation is 1. The molecule has 0 spiro atoms. The van der Waals surface area contributed by atoms with E-state index in [9.17, 15) is 0 Å². The third-order valence-electron chi connectivity index (χ3n) is 0.719. The van der Waals surface area contributed by atoms with Gasteiger partial charge in [0, 0.05) is 4.88 Å². The zero-order valence-electron chi connectivity index (χ0n) is 3.88. The van der Waals surface area contributed by atoms with Crippen LogP contribution in [0, 0.1) is 6.92 Å². The van der Waals surface area contributed by atoms with E-state index >= 15 is 0 Å². The molecule has 0 atom stereocenters. The molecule has 7 heavy (non-hydrogen) atoms. The Hall–Kier alpha value is -0.0200. The van der Waals surface area contributed by atoms with E-state index in [2.05, 4.69) is 17.6 Å². The molecule has 38 valence electrons. The van der Waals surface area contributed by atoms with Gasteiger partial charge < -0.3 is 0 Å². The molecule has 0 aromatic carbocycles. The Balaban J connectivity index is 3.12. The molecule has 0 N–H and O–H groups in total. The van der Waals surface area contributed by atoms with Gasteiger partial charge in [-0.25, -0.2) is 4.98 Å². The fraction of sp³-hybridized carbons (Fsp3) is 0.250. The van der Waals surface area contributed by atoms with E-state index in [4.69, 9.17) is 0 Å². The summed E-state index contributed by atoms with van der Waals surface area (Å²) >= 11 is 5.67. The minimum Gasteiger partial charge on any atom is -0.238 e. The molecule has 1 heterocycles. The predicted molar refractivity (Wildman–Crippen MR) is 34.1 cm³/mol. The van der Waals surface area contributed by atoms with Crippen LogP contribution in [0.2, 0.25) is 0 Å². The third kappa shape index (κ3) is 0.951. The van der Waals surface area contributed by atoms with Crippen LogP contribution in [0.25, 0.3) is 0 Å². The summed E-state index contributed by atoms with van der Waals surface area (Å²) in [6, 6.07) is 0. The fourth-order valence-electron chi connectivity index (χ4n) is 0.299. The molecular formula is C4H5NS2. The summed E-state index contributed by atoms with van der Waals surface area (Å²) in [7, 11) is 0. The molecule has 0 amide bonds. The van der Waals surface area contributed by atoms with E-state index in [1.54, 1.807) is 16.8 Å². The smallest absolute Gasteiger partial charge is 0.107 e. The lowest BCUT2D eigenvalue weighted by Crippen LogP contribution is -1.61. The van der Waals surface area contributed by atoms with Crippen molar-refractivity contribution < 1.29 is 0 Å². The van der Waals surface area contributed by atoms with E-state index in [-0.39, 0.29) is 0 Å². The molecule has 0 aliphatic carbocycles. The molecule has 1 rings (SSSR count). The van der Waals surface area contributed by atoms with Crippen molar-refractivity contribution in [1.82, 2.24) is 4.98 Å². The van der Waals surface area contributed by atoms with Crippen molar-refractivity contribution in [3.05, 3.63) is 10.4 Å². The van der Waals surface area contributed by atoms with Gasteiger partial charge in [0.25, 0.3) is 0 Å². The lowest BCUT2D eigenvalue weighted by molar-refractivity contribution is 1.17. The van der Waals surface area contributed by atoms with Crippen LogP contribution in [0.1, 0.15) is 4.88 Å². The quantitative estimate of drug-likeness (QED) is 0.529. The zero-order valence-corrected chi connectivity index (χ0v) is 5.59. The van der Waals surface area contributed by atoms with Crippen molar-refractivity contribution in [3.8, 4) is 0 Å². The predicted octanol–water partition coefficient (Wildman–Crippen LogP) is 1.74. The van der Waals surface area contributed by atoms with Crippen LogP contribution in [0.5, 0.6) is 0 Å². The molecule has 0 unspecified atom stereocenters. The Bertz CT molecular complexity index is 142. The van der Waals surface area contributed by atoms with Crippen LogP contribution in [0.3, 0.4) is 0 Å². The lowest BCUT2D eigenvalue weighted by Gasteiger charge is -1.76. The average molecular weight is 131 g/mol. The van der Waals surface area contributed by atoms with Gasteiger partial charge >= 0.3 is 0 Å². The van der Waals surface area contributed by atoms with Gasteiger partial charge in [-0.15, -0.1) is 24.0 Å². The first-order valence-corrected chi connectivity index (χ1v) is 3.22. The standard InChI is InChI=1S/C4H5NS2/c1-3-4(6)5-2-7-3/h2,6H,1H3. The molecule has 0 bridgehead atoms. The van der Waals surface area contributed by atoms with Crippen molar-refractivity contribution in [1.29, 1.82) is 0 Å². The molecule has 1 nitrogen and oxygen atoms in total. The first-order valence-electron chi connectivity index (χ1n) is 1.90. The topological polar surface area (TPSA) is 12.9 Å². The van der Waals surface area contributed by atoms with Gasteiger partial charge in [-0.3, -0.25) is 0 Å². The second kappa shape index (κ2) is 1.84. The fourth-order valence-corrected chi connectivity index (χ4v) is 1.07. The highest BCUT2D eigenvalue weighted by Gasteiger charge is 1.90. The molecule has 0 saturated carbocycles. The molecular weight excluding hydrogens is 126 g/mol. The minimum absolute atomic E-state index is 0.852. The van der Waals surface area contributed by atoms with Gasteiger partial charge in [0.05, 0.1) is 5.51 Å². The SMILES string of the molecule is Cc1scnc1S. The van der Waals surface area contributed by atoms with Crippen LogP contribution in [-0.2, 0) is 0 Å². The number of rotatable bonds is 0. The van der Waals surface area contributed by atoms with Crippen LogP contribution in [0.4, 0.5) is 0 Å². The monoisotopic (exact) mass is 131 g/mol. The summed E-state index contributed by atoms with van der Waals surface area (Å²) < 4.78 is 0. The summed E-state index contributed by atoms with van der Waals surface area (Å²) in [6.45, 7) is 2.00. The van der Waals surface area contributed by atoms with Gasteiger partial charge in [-0.05, 0) is 6.92 Å². The van der Waals surface area contributed by atoms with Crippen LogP contribution >= 0.6 is 24.0 Å². The summed E-state index contributed by atoms with van der Waals surface area (Å²) in [4.78, 5) is 5.08. The number of nitrogens with zero attached hydrogens (tertiary/aromatic N) is 1. The summed E-state index contributed by atoms with van der Waals surface area (Å²) in [5, 5.41) is 0.852. The highest BCUT2D eigenvalue weighted by Crippen LogP contribution is 2.13. The second-order valence-corrected chi connectivity index (χ2v) is 2.71. The number of hydrogen-bond acceptors (Lipinski definition) is 3. The molecule has 0 aliphatic heterocycles. The van der Waals surface area contributed by atoms with E-state index in [0.717, 1.165) is 5.03 Å². The van der Waals surface area contributed by atoms with Gasteiger partial charge in [0.15, 0.2) is 0 Å². The maximum atomic E-state index is 4.05. The molecule has 0 fully saturated rings. The Morgan fingerprint density at radius 1 is 1.86 bits per heavy atom. The van der Waals surface area contributed by atoms with E-state index < -0.39 is 0 Å². The van der Waals surface area contributed by atoms with Gasteiger partial charge in [-0.1, -0.05) is 0 Å². The van der Waals surface area contributed by atoms with Gasteiger partial charge in [-0.2, -0.15) is 0 Å². The maximum absolute atomic E-state index is 4.05. The van der Waals surface area contributed by atoms with Gasteiger partial charge in [0.1, 0.15) is 5.03 Å². The zero-order chi connectivity index (χ0) is 5.28. The van der Waals surface area contributed by atoms with Crippen molar-refractivity contribution >= 4 is 24.0 Å². The number of hydrogen-bond donors (Lipinski definition) is 1. The van der Waals surface area contributed by atoms with Crippen LogP contribution in [0.15, 0.2) is 10.5 Å². The van der Waals surface area contributed by atoms with E-state index in [1.165, 1.54) is 4.88 Å². The Kier molecular flexibility index (Phi) is 1.35. The van der Waals surface area contributed by atoms with Crippen molar-refractivity contribution in [2.24, 2.45) is 0 Å². The molecule has 0 radical (unpaired) electrons. The molecule has 1 aromatic rings. The summed E-state index contributed by atoms with van der Waals surface area (Å²) in [5.74, 6) is 0. The van der Waals surface area contributed by atoms with Crippen molar-refractivity contribution in [2.45, 2.75) is 11.9 Å². The number of aromatic nitrogens is 1. The molecule has 0 aliphatic rings. The second-order valence-electron chi connectivity index (χ2n) is 1.23. The number of thiazole rings is 1. The highest BCUT2D eigenvalue weighted by molar-refractivity contribution is 7.80. The lowest BCUT2D eigenvalue weighted by atomic mass is 10.6. The first-order chi connectivity index (χ1) is 3.30. The van der Waals surface area contributed by atoms with Gasteiger partial charge in [0.2, 0.25) is 0 Å². The number of thiol groups is 1. The van der Waals surface area contributed by atoms with Crippen LogP contribution < -0.4 is 0 Å². The van der Waals surface area contributed by atoms with Crippen molar-refractivity contribution in [2.75, 3.05) is 0 Å². The van der Waals surface area contributed by atoms with Crippen LogP contribution in [-0.4, -0.2) is 4.98 Å². The third-order valence-corrected chi connectivity index (χ3v) is 2.08. The minimum atomic E-state index is 0.852. The molecule has 1 aromatic heterocycles. The Labute approximate surface area is 51.8 Å². The summed E-state index contributed by atoms with van der Waals surface area (Å²) in [5.41, 5.74) is 1.79. The van der Waals surface area contributed by atoms with Crippen molar-refractivity contribution in [3.63, 3.8) is 0 Å². The maximum Gasteiger partial charge on any atom is 0.107 e. The summed E-state index contributed by atoms with van der Waals surface area (Å²) in [6.07, 6.45) is 0. The van der Waals surface area contributed by atoms with E-state index in [0.29, 0.717) is 0 Å². The normalized spacial score (nSPS) is 9.43. The largest absolute Gasteiger partial charge is 0.238 e. The molecule has 3 heteroatoms. The van der Waals surface area contributed by atoms with E-state index in [1.807, 2.05) is 6.92 Å². The Morgan fingerprint density at radius 3 is 2.71 bits per heavy atom. The Morgan fingerprint density at radius 2 is 2.57 bits per heavy atom. The first kappa shape index (κ1) is 5.12. The average Bonchev–Trinajstić information content (AvgIpc) is 1.91. The molecule has 0 saturated heterocycles. The highest BCUT2D eigenvalue weighted by atomic mass is 32.1.